The molecule has 1 unspecified atom stereocenters. The van der Waals surface area contributed by atoms with Crippen LogP contribution in [0.2, 0.25) is 0 Å². The number of nitrogens with zero attached hydrogens (tertiary/aromatic N) is 3. The molecule has 0 saturated heterocycles. The number of halogens is 1. The summed E-state index contributed by atoms with van der Waals surface area (Å²) >= 11 is 0. The first-order valence-electron chi connectivity index (χ1n) is 10.2. The first kappa shape index (κ1) is 21.8. The van der Waals surface area contributed by atoms with Gasteiger partial charge in [-0.05, 0) is 6.42 Å². The molecule has 0 amide bonds. The number of hydrogen-bond donors (Lipinski definition) is 1. The van der Waals surface area contributed by atoms with Crippen molar-refractivity contribution < 1.29 is 26.7 Å². The molecule has 0 fully saturated rings. The number of fused-ring (bicyclic) bond motifs is 1. The van der Waals surface area contributed by atoms with Gasteiger partial charge >= 0.3 is 5.95 Å². The fraction of sp³-hybridized carbons (Fsp3) is 0.545. The van der Waals surface area contributed by atoms with Crippen molar-refractivity contribution in [3.63, 3.8) is 0 Å². The van der Waals surface area contributed by atoms with Crippen LogP contribution in [0.15, 0.2) is 48.8 Å². The molecule has 1 aliphatic heterocycles. The van der Waals surface area contributed by atoms with Gasteiger partial charge in [0, 0.05) is 11.6 Å². The zero-order valence-corrected chi connectivity index (χ0v) is 17.9. The van der Waals surface area contributed by atoms with Crippen molar-refractivity contribution in [3.8, 4) is 0 Å². The Labute approximate surface area is 174 Å². The molecule has 2 aromatic rings. The van der Waals surface area contributed by atoms with Crippen LogP contribution in [0.3, 0.4) is 0 Å². The largest absolute Gasteiger partial charge is 1.00 e. The number of rotatable bonds is 10. The van der Waals surface area contributed by atoms with Crippen molar-refractivity contribution >= 4 is 5.95 Å². The maximum atomic E-state index is 11.5. The SMILES string of the molecule is CCCCCCCCCCN1c2nccc[n+]2CC1(O)c1ccccc1.[Br-]. The number of unbranched alkanes of at least 4 members (excludes halogenated alkanes) is 7. The van der Waals surface area contributed by atoms with Crippen LogP contribution in [-0.4, -0.2) is 16.6 Å². The molecule has 2 heterocycles. The highest BCUT2D eigenvalue weighted by molar-refractivity contribution is 5.37. The third kappa shape index (κ3) is 5.29. The molecule has 0 radical (unpaired) electrons. The number of aliphatic hydroxyl groups is 1. The van der Waals surface area contributed by atoms with Crippen LogP contribution in [0.5, 0.6) is 0 Å². The summed E-state index contributed by atoms with van der Waals surface area (Å²) in [6.45, 7) is 3.61. The Morgan fingerprint density at radius 2 is 1.67 bits per heavy atom. The molecule has 3 rings (SSSR count). The van der Waals surface area contributed by atoms with E-state index in [9.17, 15) is 5.11 Å². The van der Waals surface area contributed by atoms with Crippen LogP contribution in [0.1, 0.15) is 63.9 Å². The average molecular weight is 434 g/mol. The Kier molecular flexibility index (Phi) is 8.71. The van der Waals surface area contributed by atoms with E-state index >= 15 is 0 Å². The van der Waals surface area contributed by atoms with Crippen molar-refractivity contribution in [2.24, 2.45) is 0 Å². The molecule has 1 aromatic heterocycles. The number of anilines is 1. The van der Waals surface area contributed by atoms with Gasteiger partial charge in [-0.15, -0.1) is 0 Å². The molecular formula is C22H32BrN3O. The molecule has 0 spiro atoms. The van der Waals surface area contributed by atoms with Crippen LogP contribution in [0.4, 0.5) is 5.95 Å². The lowest BCUT2D eigenvalue weighted by atomic mass is 10.0. The Bertz CT molecular complexity index is 682. The molecule has 4 nitrogen and oxygen atoms in total. The zero-order chi connectivity index (χ0) is 18.2. The van der Waals surface area contributed by atoms with Crippen LogP contribution in [-0.2, 0) is 12.3 Å². The minimum Gasteiger partial charge on any atom is -1.00 e. The second-order valence-electron chi connectivity index (χ2n) is 7.36. The highest BCUT2D eigenvalue weighted by Crippen LogP contribution is 2.33. The smallest absolute Gasteiger partial charge is 0.396 e. The lowest BCUT2D eigenvalue weighted by Crippen LogP contribution is -3.00. The first-order chi connectivity index (χ1) is 12.8. The normalized spacial score (nSPS) is 18.2. The standard InChI is InChI=1S/C22H32N3O.BrH/c1-2-3-4-5-6-7-8-12-18-25-21-23-16-13-17-24(21)19-22(25,26)20-14-10-9-11-15-20;/h9-11,13-17,26H,2-8,12,18-19H2,1H3;1H/q+1;/p-1. The molecule has 1 aliphatic rings. The van der Waals surface area contributed by atoms with Gasteiger partial charge in [0.25, 0.3) is 0 Å². The lowest BCUT2D eigenvalue weighted by molar-refractivity contribution is -0.685. The van der Waals surface area contributed by atoms with Gasteiger partial charge in [0.15, 0.2) is 0 Å². The molecule has 1 N–H and O–H groups in total. The number of aromatic nitrogens is 2. The van der Waals surface area contributed by atoms with Gasteiger partial charge in [0.1, 0.15) is 12.7 Å². The fourth-order valence-electron chi connectivity index (χ4n) is 3.87. The van der Waals surface area contributed by atoms with Crippen molar-refractivity contribution in [2.75, 3.05) is 11.4 Å². The van der Waals surface area contributed by atoms with Gasteiger partial charge in [-0.3, -0.25) is 0 Å². The third-order valence-corrected chi connectivity index (χ3v) is 5.35. The zero-order valence-electron chi connectivity index (χ0n) is 16.4. The van der Waals surface area contributed by atoms with Gasteiger partial charge in [0.2, 0.25) is 5.72 Å². The van der Waals surface area contributed by atoms with E-state index in [0.717, 1.165) is 24.5 Å². The summed E-state index contributed by atoms with van der Waals surface area (Å²) < 4.78 is 2.05. The molecule has 0 bridgehead atoms. The predicted molar refractivity (Wildman–Crippen MR) is 105 cm³/mol. The van der Waals surface area contributed by atoms with Crippen LogP contribution < -0.4 is 26.4 Å². The highest BCUT2D eigenvalue weighted by Gasteiger charge is 2.50. The first-order valence-corrected chi connectivity index (χ1v) is 10.2. The lowest BCUT2D eigenvalue weighted by Gasteiger charge is -2.28. The maximum Gasteiger partial charge on any atom is 0.396 e. The molecular weight excluding hydrogens is 402 g/mol. The second kappa shape index (κ2) is 10.8. The molecule has 1 atom stereocenters. The van der Waals surface area contributed by atoms with Gasteiger partial charge in [-0.25, -0.2) is 9.47 Å². The number of hydrogen-bond acceptors (Lipinski definition) is 3. The molecule has 0 saturated carbocycles. The van der Waals surface area contributed by atoms with Crippen molar-refractivity contribution in [2.45, 2.75) is 70.6 Å². The summed E-state index contributed by atoms with van der Waals surface area (Å²) in [5, 5.41) is 11.5. The van der Waals surface area contributed by atoms with E-state index in [2.05, 4.69) is 21.4 Å². The van der Waals surface area contributed by atoms with Gasteiger partial charge < -0.3 is 22.1 Å². The minimum absolute atomic E-state index is 0. The van der Waals surface area contributed by atoms with Crippen molar-refractivity contribution in [1.29, 1.82) is 0 Å². The van der Waals surface area contributed by atoms with E-state index in [-0.39, 0.29) is 17.0 Å². The average Bonchev–Trinajstić information content (AvgIpc) is 2.97. The second-order valence-corrected chi connectivity index (χ2v) is 7.36. The Balaban J connectivity index is 0.00000261. The Morgan fingerprint density at radius 1 is 1.00 bits per heavy atom. The van der Waals surface area contributed by atoms with E-state index in [1.165, 1.54) is 44.9 Å². The maximum absolute atomic E-state index is 11.5. The van der Waals surface area contributed by atoms with Crippen LogP contribution in [0, 0.1) is 0 Å². The van der Waals surface area contributed by atoms with Gasteiger partial charge in [0.05, 0.1) is 12.7 Å². The topological polar surface area (TPSA) is 40.2 Å². The third-order valence-electron chi connectivity index (χ3n) is 5.35. The molecule has 0 aliphatic carbocycles. The van der Waals surface area contributed by atoms with Crippen molar-refractivity contribution in [1.82, 2.24) is 4.98 Å². The fourth-order valence-corrected chi connectivity index (χ4v) is 3.87. The summed E-state index contributed by atoms with van der Waals surface area (Å²) in [6, 6.07) is 11.9. The van der Waals surface area contributed by atoms with E-state index in [1.807, 2.05) is 48.8 Å². The van der Waals surface area contributed by atoms with Crippen LogP contribution in [0.25, 0.3) is 0 Å². The van der Waals surface area contributed by atoms with Gasteiger partial charge in [-0.2, -0.15) is 0 Å². The van der Waals surface area contributed by atoms with E-state index in [0.29, 0.717) is 6.54 Å². The molecule has 5 heteroatoms. The number of benzene rings is 1. The summed E-state index contributed by atoms with van der Waals surface area (Å²) in [6.07, 6.45) is 14.1. The predicted octanol–water partition coefficient (Wildman–Crippen LogP) is 1.18. The summed E-state index contributed by atoms with van der Waals surface area (Å²) in [4.78, 5) is 6.62. The minimum atomic E-state index is -1.01. The summed E-state index contributed by atoms with van der Waals surface area (Å²) in [5.74, 6) is 0.863. The van der Waals surface area contributed by atoms with Crippen LogP contribution >= 0.6 is 0 Å². The summed E-state index contributed by atoms with van der Waals surface area (Å²) in [7, 11) is 0. The molecule has 1 aromatic carbocycles. The quantitative estimate of drug-likeness (QED) is 0.451. The van der Waals surface area contributed by atoms with E-state index in [4.69, 9.17) is 0 Å². The molecule has 27 heavy (non-hydrogen) atoms. The van der Waals surface area contributed by atoms with Crippen molar-refractivity contribution in [3.05, 3.63) is 54.4 Å². The van der Waals surface area contributed by atoms with Gasteiger partial charge in [-0.1, -0.05) is 87.2 Å². The Morgan fingerprint density at radius 3 is 2.37 bits per heavy atom. The van der Waals surface area contributed by atoms with E-state index in [1.54, 1.807) is 0 Å². The van der Waals surface area contributed by atoms with E-state index < -0.39 is 5.72 Å². The summed E-state index contributed by atoms with van der Waals surface area (Å²) in [5.41, 5.74) is -0.0749. The Hall–Kier alpha value is -1.46. The highest BCUT2D eigenvalue weighted by atomic mass is 79.9. The molecule has 148 valence electrons. The monoisotopic (exact) mass is 433 g/mol.